The third-order valence-corrected chi connectivity index (χ3v) is 7.14. The van der Waals surface area contributed by atoms with Gasteiger partial charge in [-0.15, -0.1) is 0 Å². The summed E-state index contributed by atoms with van der Waals surface area (Å²) in [5, 5.41) is 0.900. The van der Waals surface area contributed by atoms with E-state index >= 15 is 0 Å². The van der Waals surface area contributed by atoms with Gasteiger partial charge in [0.15, 0.2) is 5.78 Å². The van der Waals surface area contributed by atoms with E-state index in [0.717, 1.165) is 53.4 Å². The summed E-state index contributed by atoms with van der Waals surface area (Å²) in [6.45, 7) is 0. The molecular formula is C26H24FN3O. The zero-order chi connectivity index (χ0) is 20.9. The Balaban J connectivity index is 1.27. The minimum atomic E-state index is -0.230. The zero-order valence-corrected chi connectivity index (χ0v) is 17.3. The molecule has 2 fully saturated rings. The van der Waals surface area contributed by atoms with Crippen LogP contribution < -0.4 is 0 Å². The van der Waals surface area contributed by atoms with Crippen molar-refractivity contribution in [2.24, 2.45) is 5.92 Å². The molecule has 1 aromatic carbocycles. The first kappa shape index (κ1) is 18.7. The number of rotatable bonds is 4. The second-order valence-electron chi connectivity index (χ2n) is 9.07. The minimum Gasteiger partial charge on any atom is -0.296 e. The van der Waals surface area contributed by atoms with Gasteiger partial charge in [0.1, 0.15) is 5.82 Å². The lowest BCUT2D eigenvalue weighted by atomic mass is 9.75. The topological polar surface area (TPSA) is 47.3 Å². The predicted octanol–water partition coefficient (Wildman–Crippen LogP) is 6.06. The van der Waals surface area contributed by atoms with Gasteiger partial charge in [0.2, 0.25) is 0 Å². The number of nitrogens with zero attached hydrogens (tertiary/aromatic N) is 3. The van der Waals surface area contributed by atoms with Crippen molar-refractivity contribution in [1.29, 1.82) is 0 Å². The van der Waals surface area contributed by atoms with Crippen LogP contribution in [0.15, 0.2) is 55.1 Å². The van der Waals surface area contributed by atoms with Crippen LogP contribution in [-0.4, -0.2) is 20.2 Å². The van der Waals surface area contributed by atoms with Gasteiger partial charge in [-0.2, -0.15) is 0 Å². The molecule has 0 spiro atoms. The maximum atomic E-state index is 13.9. The van der Waals surface area contributed by atoms with Crippen LogP contribution in [-0.2, 0) is 0 Å². The Morgan fingerprint density at radius 2 is 1.71 bits per heavy atom. The number of Topliss-reactive ketones (excluding diaryl/α,β-unsaturated/α-hetero) is 1. The molecule has 0 unspecified atom stereocenters. The molecule has 0 N–H and O–H groups in total. The van der Waals surface area contributed by atoms with Crippen LogP contribution in [0.5, 0.6) is 0 Å². The highest BCUT2D eigenvalue weighted by Crippen LogP contribution is 2.44. The van der Waals surface area contributed by atoms with Gasteiger partial charge in [0.05, 0.1) is 29.3 Å². The maximum absolute atomic E-state index is 13.9. The molecule has 2 aliphatic carbocycles. The van der Waals surface area contributed by atoms with E-state index in [1.807, 2.05) is 22.9 Å². The van der Waals surface area contributed by atoms with Gasteiger partial charge < -0.3 is 0 Å². The summed E-state index contributed by atoms with van der Waals surface area (Å²) in [6, 6.07) is 11.0. The molecule has 2 saturated carbocycles. The van der Waals surface area contributed by atoms with Gasteiger partial charge in [-0.05, 0) is 91.8 Å². The van der Waals surface area contributed by atoms with E-state index in [-0.39, 0.29) is 17.5 Å². The lowest BCUT2D eigenvalue weighted by Crippen LogP contribution is -2.24. The molecule has 0 atom stereocenters. The molecule has 6 rings (SSSR count). The van der Waals surface area contributed by atoms with Gasteiger partial charge in [-0.25, -0.2) is 9.37 Å². The standard InChI is InChI=1S/C26H24FN3O/c27-19-7-10-24-23(13-19)21(11-12-29-24)16-3-5-18(6-4-16)26(31)25-22(17-1-2-17)9-8-20-14-28-15-30(20)25/h7-18H,1-6H2. The second-order valence-corrected chi connectivity index (χ2v) is 9.07. The number of ketones is 1. The van der Waals surface area contributed by atoms with Crippen LogP contribution in [0.2, 0.25) is 0 Å². The molecule has 0 aliphatic heterocycles. The van der Waals surface area contributed by atoms with Crippen molar-refractivity contribution in [3.63, 3.8) is 0 Å². The summed E-state index contributed by atoms with van der Waals surface area (Å²) in [5.74, 6) is 0.913. The van der Waals surface area contributed by atoms with Crippen LogP contribution in [0.1, 0.15) is 72.0 Å². The third-order valence-electron chi connectivity index (χ3n) is 7.14. The highest BCUT2D eigenvalue weighted by atomic mass is 19.1. The number of benzene rings is 1. The largest absolute Gasteiger partial charge is 0.296 e. The molecule has 0 radical (unpaired) electrons. The normalized spacial score (nSPS) is 21.6. The molecule has 0 amide bonds. The van der Waals surface area contributed by atoms with Crippen LogP contribution >= 0.6 is 0 Å². The lowest BCUT2D eigenvalue weighted by molar-refractivity contribution is 0.0876. The number of aromatic nitrogens is 3. The Morgan fingerprint density at radius 1 is 0.935 bits per heavy atom. The van der Waals surface area contributed by atoms with Crippen LogP contribution in [0.4, 0.5) is 4.39 Å². The summed E-state index contributed by atoms with van der Waals surface area (Å²) in [6.07, 6.45) is 11.3. The molecular weight excluding hydrogens is 389 g/mol. The lowest BCUT2D eigenvalue weighted by Gasteiger charge is -2.29. The molecule has 0 saturated heterocycles. The van der Waals surface area contributed by atoms with E-state index in [0.29, 0.717) is 11.8 Å². The van der Waals surface area contributed by atoms with Gasteiger partial charge in [0, 0.05) is 17.5 Å². The second kappa shape index (κ2) is 7.26. The van der Waals surface area contributed by atoms with E-state index in [4.69, 9.17) is 0 Å². The van der Waals surface area contributed by atoms with Gasteiger partial charge in [-0.1, -0.05) is 6.07 Å². The first-order valence-corrected chi connectivity index (χ1v) is 11.2. The van der Waals surface area contributed by atoms with Crippen LogP contribution in [0.3, 0.4) is 0 Å². The molecule has 31 heavy (non-hydrogen) atoms. The molecule has 4 aromatic rings. The summed E-state index contributed by atoms with van der Waals surface area (Å²) in [7, 11) is 0. The first-order valence-electron chi connectivity index (χ1n) is 11.2. The fraction of sp³-hybridized carbons (Fsp3) is 0.346. The molecule has 3 aromatic heterocycles. The predicted molar refractivity (Wildman–Crippen MR) is 118 cm³/mol. The quantitative estimate of drug-likeness (QED) is 0.382. The third kappa shape index (κ3) is 3.23. The highest BCUT2D eigenvalue weighted by Gasteiger charge is 2.34. The van der Waals surface area contributed by atoms with Crippen LogP contribution in [0, 0.1) is 11.7 Å². The summed E-state index contributed by atoms with van der Waals surface area (Å²) in [4.78, 5) is 22.3. The number of fused-ring (bicyclic) bond motifs is 2. The average molecular weight is 413 g/mol. The van der Waals surface area contributed by atoms with Crippen LogP contribution in [0.25, 0.3) is 16.4 Å². The number of halogens is 1. The summed E-state index contributed by atoms with van der Waals surface area (Å²) >= 11 is 0. The fourth-order valence-electron chi connectivity index (χ4n) is 5.35. The average Bonchev–Trinajstić information content (AvgIpc) is 3.54. The van der Waals surface area contributed by atoms with Gasteiger partial charge in [0.25, 0.3) is 0 Å². The van der Waals surface area contributed by atoms with Crippen molar-refractivity contribution in [2.45, 2.75) is 50.4 Å². The first-order chi connectivity index (χ1) is 15.2. The van der Waals surface area contributed by atoms with Gasteiger partial charge >= 0.3 is 0 Å². The van der Waals surface area contributed by atoms with E-state index in [1.54, 1.807) is 18.5 Å². The Labute approximate surface area is 180 Å². The van der Waals surface area contributed by atoms with E-state index in [9.17, 15) is 9.18 Å². The molecule has 156 valence electrons. The Morgan fingerprint density at radius 3 is 2.52 bits per heavy atom. The monoisotopic (exact) mass is 413 g/mol. The number of pyridine rings is 2. The Bertz CT molecular complexity index is 1300. The van der Waals surface area contributed by atoms with E-state index in [1.165, 1.54) is 24.5 Å². The van der Waals surface area contributed by atoms with Crippen molar-refractivity contribution < 1.29 is 9.18 Å². The van der Waals surface area contributed by atoms with Crippen molar-refractivity contribution in [2.75, 3.05) is 0 Å². The van der Waals surface area contributed by atoms with Crippen molar-refractivity contribution in [3.8, 4) is 0 Å². The summed E-state index contributed by atoms with van der Waals surface area (Å²) in [5.41, 5.74) is 5.00. The zero-order valence-electron chi connectivity index (χ0n) is 17.3. The number of imidazole rings is 1. The molecule has 0 bridgehead atoms. The fourth-order valence-corrected chi connectivity index (χ4v) is 5.35. The maximum Gasteiger partial charge on any atom is 0.182 e. The number of carbonyl (C=O) groups is 1. The highest BCUT2D eigenvalue weighted by molar-refractivity contribution is 5.98. The molecule has 5 heteroatoms. The minimum absolute atomic E-state index is 0.0339. The SMILES string of the molecule is O=C(c1c(C2CC2)ccc2cncn12)C1CCC(c2ccnc3ccc(F)cc23)CC1. The number of hydrogen-bond donors (Lipinski definition) is 0. The Kier molecular flexibility index (Phi) is 4.37. The van der Waals surface area contributed by atoms with E-state index < -0.39 is 0 Å². The molecule has 2 aliphatic rings. The van der Waals surface area contributed by atoms with Crippen molar-refractivity contribution in [3.05, 3.63) is 77.8 Å². The number of hydrogen-bond acceptors (Lipinski definition) is 3. The van der Waals surface area contributed by atoms with Crippen molar-refractivity contribution in [1.82, 2.24) is 14.4 Å². The molecule has 3 heterocycles. The van der Waals surface area contributed by atoms with Gasteiger partial charge in [-0.3, -0.25) is 14.2 Å². The number of carbonyl (C=O) groups excluding carboxylic acids is 1. The summed E-state index contributed by atoms with van der Waals surface area (Å²) < 4.78 is 15.9. The smallest absolute Gasteiger partial charge is 0.182 e. The molecule has 4 nitrogen and oxygen atoms in total. The van der Waals surface area contributed by atoms with E-state index in [2.05, 4.69) is 22.1 Å². The Hall–Kier alpha value is -3.08. The van der Waals surface area contributed by atoms with Crippen molar-refractivity contribution >= 4 is 22.2 Å².